The molecule has 0 aliphatic carbocycles. The highest BCUT2D eigenvalue weighted by atomic mass is 15.2. The largest absolute Gasteiger partial charge is 0.310 e. The Balaban J connectivity index is 2.55. The fourth-order valence-corrected chi connectivity index (χ4v) is 2.29. The van der Waals surface area contributed by atoms with Gasteiger partial charge in [0.15, 0.2) is 0 Å². The standard InChI is InChI=1S/C12H26N2/c1-10(2)7-14-8-11(3)6-13-12(4,5)9-14/h10-11,13H,6-9H2,1-5H3. The first-order valence-electron chi connectivity index (χ1n) is 5.86. The van der Waals surface area contributed by atoms with E-state index in [-0.39, 0.29) is 5.54 Å². The minimum atomic E-state index is 0.277. The van der Waals surface area contributed by atoms with Crippen LogP contribution in [0.3, 0.4) is 0 Å². The Morgan fingerprint density at radius 3 is 2.64 bits per heavy atom. The van der Waals surface area contributed by atoms with Crippen LogP contribution in [0.1, 0.15) is 34.6 Å². The molecule has 1 N–H and O–H groups in total. The summed E-state index contributed by atoms with van der Waals surface area (Å²) in [6.07, 6.45) is 0. The first kappa shape index (κ1) is 12.0. The molecule has 2 nitrogen and oxygen atoms in total. The van der Waals surface area contributed by atoms with Gasteiger partial charge in [0.05, 0.1) is 0 Å². The van der Waals surface area contributed by atoms with E-state index in [0.29, 0.717) is 0 Å². The third-order valence-corrected chi connectivity index (χ3v) is 2.74. The van der Waals surface area contributed by atoms with E-state index in [1.807, 2.05) is 0 Å². The van der Waals surface area contributed by atoms with Crippen LogP contribution in [0.15, 0.2) is 0 Å². The molecule has 1 aliphatic rings. The number of hydrogen-bond acceptors (Lipinski definition) is 2. The number of hydrogen-bond donors (Lipinski definition) is 1. The molecule has 14 heavy (non-hydrogen) atoms. The smallest absolute Gasteiger partial charge is 0.0252 e. The molecule has 1 unspecified atom stereocenters. The molecule has 1 saturated heterocycles. The zero-order valence-corrected chi connectivity index (χ0v) is 10.4. The van der Waals surface area contributed by atoms with Crippen LogP contribution in [0, 0.1) is 11.8 Å². The predicted octanol–water partition coefficient (Wildman–Crippen LogP) is 1.96. The molecule has 0 spiro atoms. The highest BCUT2D eigenvalue weighted by molar-refractivity contribution is 4.86. The topological polar surface area (TPSA) is 15.3 Å². The van der Waals surface area contributed by atoms with E-state index >= 15 is 0 Å². The van der Waals surface area contributed by atoms with Gasteiger partial charge in [-0.1, -0.05) is 20.8 Å². The van der Waals surface area contributed by atoms with Crippen LogP contribution in [-0.4, -0.2) is 36.6 Å². The molecule has 1 heterocycles. The van der Waals surface area contributed by atoms with E-state index < -0.39 is 0 Å². The van der Waals surface area contributed by atoms with E-state index in [1.165, 1.54) is 19.6 Å². The van der Waals surface area contributed by atoms with Crippen molar-refractivity contribution in [2.24, 2.45) is 11.8 Å². The Morgan fingerprint density at radius 1 is 1.43 bits per heavy atom. The summed E-state index contributed by atoms with van der Waals surface area (Å²) < 4.78 is 0. The van der Waals surface area contributed by atoms with Crippen LogP contribution < -0.4 is 5.32 Å². The first-order valence-corrected chi connectivity index (χ1v) is 5.86. The molecule has 1 atom stereocenters. The zero-order chi connectivity index (χ0) is 10.8. The van der Waals surface area contributed by atoms with Gasteiger partial charge in [0, 0.05) is 25.2 Å². The molecule has 1 fully saturated rings. The molecule has 0 aromatic heterocycles. The molecule has 1 rings (SSSR count). The average Bonchev–Trinajstić information content (AvgIpc) is 2.08. The summed E-state index contributed by atoms with van der Waals surface area (Å²) in [6.45, 7) is 16.4. The molecule has 0 radical (unpaired) electrons. The zero-order valence-electron chi connectivity index (χ0n) is 10.4. The summed E-state index contributed by atoms with van der Waals surface area (Å²) >= 11 is 0. The van der Waals surface area contributed by atoms with Crippen molar-refractivity contribution in [2.45, 2.75) is 40.2 Å². The van der Waals surface area contributed by atoms with Gasteiger partial charge >= 0.3 is 0 Å². The molecule has 2 heteroatoms. The molecule has 1 aliphatic heterocycles. The predicted molar refractivity (Wildman–Crippen MR) is 62.5 cm³/mol. The van der Waals surface area contributed by atoms with E-state index in [1.54, 1.807) is 0 Å². The lowest BCUT2D eigenvalue weighted by molar-refractivity contribution is 0.200. The van der Waals surface area contributed by atoms with Crippen molar-refractivity contribution in [3.05, 3.63) is 0 Å². The summed E-state index contributed by atoms with van der Waals surface area (Å²) in [6, 6.07) is 0. The third-order valence-electron chi connectivity index (χ3n) is 2.74. The van der Waals surface area contributed by atoms with Crippen molar-refractivity contribution in [2.75, 3.05) is 26.2 Å². The average molecular weight is 198 g/mol. The van der Waals surface area contributed by atoms with Gasteiger partial charge < -0.3 is 10.2 Å². The normalized spacial score (nSPS) is 29.1. The molecule has 0 bridgehead atoms. The second-order valence-corrected chi connectivity index (χ2v) is 5.96. The quantitative estimate of drug-likeness (QED) is 0.730. The lowest BCUT2D eigenvalue weighted by atomic mass is 10.1. The van der Waals surface area contributed by atoms with E-state index in [4.69, 9.17) is 0 Å². The minimum Gasteiger partial charge on any atom is -0.310 e. The highest BCUT2D eigenvalue weighted by Gasteiger charge is 2.26. The molecule has 0 aromatic carbocycles. The van der Waals surface area contributed by atoms with Crippen molar-refractivity contribution in [3.8, 4) is 0 Å². The van der Waals surface area contributed by atoms with Crippen molar-refractivity contribution >= 4 is 0 Å². The third kappa shape index (κ3) is 3.97. The summed E-state index contributed by atoms with van der Waals surface area (Å²) in [4.78, 5) is 2.61. The first-order chi connectivity index (χ1) is 6.39. The summed E-state index contributed by atoms with van der Waals surface area (Å²) in [5.74, 6) is 1.55. The second kappa shape index (κ2) is 4.63. The summed E-state index contributed by atoms with van der Waals surface area (Å²) in [5, 5.41) is 3.63. The molecule has 0 saturated carbocycles. The summed E-state index contributed by atoms with van der Waals surface area (Å²) in [5.41, 5.74) is 0.277. The van der Waals surface area contributed by atoms with Gasteiger partial charge in [-0.05, 0) is 32.2 Å². The van der Waals surface area contributed by atoms with E-state index in [2.05, 4.69) is 44.8 Å². The van der Waals surface area contributed by atoms with Crippen molar-refractivity contribution in [1.29, 1.82) is 0 Å². The highest BCUT2D eigenvalue weighted by Crippen LogP contribution is 2.14. The van der Waals surface area contributed by atoms with E-state index in [9.17, 15) is 0 Å². The van der Waals surface area contributed by atoms with Crippen molar-refractivity contribution < 1.29 is 0 Å². The number of nitrogens with zero attached hydrogens (tertiary/aromatic N) is 1. The number of nitrogens with one attached hydrogen (secondary N) is 1. The second-order valence-electron chi connectivity index (χ2n) is 5.96. The molecular weight excluding hydrogens is 172 g/mol. The Kier molecular flexibility index (Phi) is 3.96. The monoisotopic (exact) mass is 198 g/mol. The van der Waals surface area contributed by atoms with Gasteiger partial charge in [0.1, 0.15) is 0 Å². The molecule has 0 aromatic rings. The maximum atomic E-state index is 3.63. The van der Waals surface area contributed by atoms with Crippen LogP contribution in [-0.2, 0) is 0 Å². The molecular formula is C12H26N2. The Bertz CT molecular complexity index is 175. The van der Waals surface area contributed by atoms with Gasteiger partial charge in [-0.3, -0.25) is 0 Å². The maximum Gasteiger partial charge on any atom is 0.0252 e. The van der Waals surface area contributed by atoms with Crippen molar-refractivity contribution in [1.82, 2.24) is 10.2 Å². The van der Waals surface area contributed by atoms with Gasteiger partial charge in [-0.2, -0.15) is 0 Å². The Morgan fingerprint density at radius 2 is 2.07 bits per heavy atom. The minimum absolute atomic E-state index is 0.277. The lowest BCUT2D eigenvalue weighted by Gasteiger charge is -2.31. The van der Waals surface area contributed by atoms with Crippen LogP contribution >= 0.6 is 0 Å². The van der Waals surface area contributed by atoms with Gasteiger partial charge in [0.25, 0.3) is 0 Å². The SMILES string of the molecule is CC(C)CN1CC(C)CNC(C)(C)C1. The van der Waals surface area contributed by atoms with Gasteiger partial charge in [0.2, 0.25) is 0 Å². The van der Waals surface area contributed by atoms with Crippen LogP contribution in [0.2, 0.25) is 0 Å². The molecule has 0 amide bonds. The Labute approximate surface area is 89.1 Å². The lowest BCUT2D eigenvalue weighted by Crippen LogP contribution is -2.47. The number of rotatable bonds is 2. The van der Waals surface area contributed by atoms with E-state index in [0.717, 1.165) is 18.4 Å². The Hall–Kier alpha value is -0.0800. The fourth-order valence-electron chi connectivity index (χ4n) is 2.29. The van der Waals surface area contributed by atoms with Gasteiger partial charge in [-0.15, -0.1) is 0 Å². The fraction of sp³-hybridized carbons (Fsp3) is 1.00. The van der Waals surface area contributed by atoms with Crippen molar-refractivity contribution in [3.63, 3.8) is 0 Å². The van der Waals surface area contributed by atoms with Crippen LogP contribution in [0.5, 0.6) is 0 Å². The van der Waals surface area contributed by atoms with Crippen LogP contribution in [0.4, 0.5) is 0 Å². The molecule has 84 valence electrons. The summed E-state index contributed by atoms with van der Waals surface area (Å²) in [7, 11) is 0. The maximum absolute atomic E-state index is 3.63. The van der Waals surface area contributed by atoms with Gasteiger partial charge in [-0.25, -0.2) is 0 Å². The van der Waals surface area contributed by atoms with Crippen LogP contribution in [0.25, 0.3) is 0 Å².